The molecule has 4 atom stereocenters. The van der Waals surface area contributed by atoms with Crippen LogP contribution in [0.1, 0.15) is 135 Å². The van der Waals surface area contributed by atoms with Crippen LogP contribution >= 0.6 is 0 Å². The summed E-state index contributed by atoms with van der Waals surface area (Å²) in [6, 6.07) is 32.5. The normalized spacial score (nSPS) is 12.3. The van der Waals surface area contributed by atoms with Crippen LogP contribution in [0.3, 0.4) is 0 Å². The maximum atomic E-state index is 13.8. The fourth-order valence-electron chi connectivity index (χ4n) is 11.7. The van der Waals surface area contributed by atoms with Gasteiger partial charge in [-0.05, 0) is 139 Å². The molecule has 0 radical (unpaired) electrons. The van der Waals surface area contributed by atoms with E-state index in [1.54, 1.807) is 43.0 Å². The highest BCUT2D eigenvalue weighted by Crippen LogP contribution is 2.36. The summed E-state index contributed by atoms with van der Waals surface area (Å²) in [5.41, 5.74) is 7.45. The van der Waals surface area contributed by atoms with Crippen LogP contribution in [0.2, 0.25) is 0 Å². The van der Waals surface area contributed by atoms with E-state index in [9.17, 15) is 93.9 Å². The Morgan fingerprint density at radius 3 is 1.12 bits per heavy atom. The molecule has 4 unspecified atom stereocenters. The lowest BCUT2D eigenvalue weighted by atomic mass is 9.90. The highest BCUT2D eigenvalue weighted by atomic mass is 19.2. The standard InChI is InChI=1S/4C19H15F2NO3/c1-10-2-5-17-13(6-10)15(9-22-17)14(19(24)25)8-18(23)12-4-3-11(20)7-16(12)21;1-10-2-4-12-15(9-22-17(12)6-10)14(19(24)25)8-18(23)13-5-3-11(20)7-16(13)21;1-10-3-2-4-16-18(10)14(9-22-16)13(19(24)25)8-17(23)12-6-5-11(20)7-15(12)21;1-10-3-2-4-12-15(9-22-18(10)12)14(19(24)25)8-17(23)13-6-5-11(20)7-16(13)21/h2*2-7,9,14,22H,8H2,1H3,(H,24,25);2-7,9,13,22H,8H2,1H3,(H,24,25);2-7,9,14,22H,8H2,1H3,(H,24,25). The lowest BCUT2D eigenvalue weighted by Crippen LogP contribution is -2.17. The predicted molar refractivity (Wildman–Crippen MR) is 355 cm³/mol. The minimum Gasteiger partial charge on any atom is -0.481 e. The fourth-order valence-corrected chi connectivity index (χ4v) is 11.7. The highest BCUT2D eigenvalue weighted by Gasteiger charge is 2.32. The summed E-state index contributed by atoms with van der Waals surface area (Å²) in [5, 5.41) is 41.1. The molecule has 8 N–H and O–H groups in total. The van der Waals surface area contributed by atoms with Gasteiger partial charge in [0.2, 0.25) is 0 Å². The number of aryl methyl sites for hydroxylation is 4. The molecule has 0 bridgehead atoms. The van der Waals surface area contributed by atoms with Crippen molar-refractivity contribution < 1.29 is 93.9 Å². The quantitative estimate of drug-likeness (QED) is 0.0261. The van der Waals surface area contributed by atoms with E-state index >= 15 is 0 Å². The van der Waals surface area contributed by atoms with E-state index in [1.807, 2.05) is 82.3 Å². The molecule has 0 aliphatic carbocycles. The molecule has 0 aliphatic rings. The number of carboxylic acids is 4. The van der Waals surface area contributed by atoms with Gasteiger partial charge in [-0.15, -0.1) is 0 Å². The second kappa shape index (κ2) is 31.0. The highest BCUT2D eigenvalue weighted by molar-refractivity contribution is 6.04. The Bertz CT molecular complexity index is 5100. The first-order valence-corrected chi connectivity index (χ1v) is 30.6. The van der Waals surface area contributed by atoms with Crippen LogP contribution in [0.5, 0.6) is 0 Å². The summed E-state index contributed by atoms with van der Waals surface area (Å²) in [5.74, 6) is -19.2. The monoisotopic (exact) mass is 1370 g/mol. The van der Waals surface area contributed by atoms with E-state index in [1.165, 1.54) is 0 Å². The number of aromatic amines is 4. The molecule has 16 nitrogen and oxygen atoms in total. The summed E-state index contributed by atoms with van der Waals surface area (Å²) < 4.78 is 107. The SMILES string of the molecule is Cc1ccc2[nH]cc(C(CC(=O)c3ccc(F)cc3F)C(=O)O)c2c1.Cc1ccc2c(C(CC(=O)c3ccc(F)cc3F)C(=O)O)c[nH]c2c1.Cc1cccc2[nH]cc(C(CC(=O)c3ccc(F)cc3F)C(=O)O)c12.Cc1cccc2c(C(CC(=O)c3ccc(F)cc3F)C(=O)O)c[nH]c12. The lowest BCUT2D eigenvalue weighted by Gasteiger charge is -2.12. The van der Waals surface area contributed by atoms with Crippen molar-refractivity contribution in [3.63, 3.8) is 0 Å². The zero-order chi connectivity index (χ0) is 72.5. The molecule has 12 aromatic rings. The van der Waals surface area contributed by atoms with Crippen molar-refractivity contribution in [2.75, 3.05) is 0 Å². The summed E-state index contributed by atoms with van der Waals surface area (Å²) in [6.07, 6.45) is 4.55. The summed E-state index contributed by atoms with van der Waals surface area (Å²) >= 11 is 0. The van der Waals surface area contributed by atoms with Gasteiger partial charge < -0.3 is 40.4 Å². The Morgan fingerprint density at radius 1 is 0.330 bits per heavy atom. The van der Waals surface area contributed by atoms with Gasteiger partial charge in [0.1, 0.15) is 46.5 Å². The number of rotatable bonds is 20. The average molecular weight is 1370 g/mol. The zero-order valence-electron chi connectivity index (χ0n) is 53.4. The van der Waals surface area contributed by atoms with Gasteiger partial charge in [0.05, 0.1) is 45.9 Å². The molecule has 0 saturated heterocycles. The number of aromatic nitrogens is 4. The van der Waals surface area contributed by atoms with Gasteiger partial charge in [-0.1, -0.05) is 54.1 Å². The number of ketones is 4. The van der Waals surface area contributed by atoms with Gasteiger partial charge in [-0.2, -0.15) is 0 Å². The molecule has 8 aromatic carbocycles. The Morgan fingerprint density at radius 2 is 0.680 bits per heavy atom. The van der Waals surface area contributed by atoms with Crippen molar-refractivity contribution in [2.24, 2.45) is 0 Å². The number of carboxylic acid groups (broad SMARTS) is 4. The zero-order valence-corrected chi connectivity index (χ0v) is 53.4. The molecular weight excluding hydrogens is 1310 g/mol. The van der Waals surface area contributed by atoms with E-state index < -0.39 is 143 Å². The van der Waals surface area contributed by atoms with Crippen LogP contribution in [-0.4, -0.2) is 87.4 Å². The molecule has 0 fully saturated rings. The Labute approximate surface area is 563 Å². The average Bonchev–Trinajstić information content (AvgIpc) is 1.64. The largest absolute Gasteiger partial charge is 0.481 e. The second-order valence-electron chi connectivity index (χ2n) is 23.6. The Balaban J connectivity index is 0.000000156. The van der Waals surface area contributed by atoms with Gasteiger partial charge in [-0.25, -0.2) is 35.1 Å². The molecular formula is C76H60F8N4O12. The van der Waals surface area contributed by atoms with Crippen LogP contribution in [0.25, 0.3) is 43.6 Å². The summed E-state index contributed by atoms with van der Waals surface area (Å²) in [7, 11) is 0. The Hall–Kier alpha value is -12.1. The number of hydrogen-bond acceptors (Lipinski definition) is 8. The fraction of sp³-hybridized carbons (Fsp3) is 0.158. The molecule has 0 saturated carbocycles. The predicted octanol–water partition coefficient (Wildman–Crippen LogP) is 16.8. The number of carbonyl (C=O) groups excluding carboxylic acids is 4. The first-order chi connectivity index (χ1) is 47.5. The smallest absolute Gasteiger partial charge is 0.311 e. The Kier molecular flexibility index (Phi) is 22.4. The number of fused-ring (bicyclic) bond motifs is 4. The molecule has 0 amide bonds. The molecule has 512 valence electrons. The van der Waals surface area contributed by atoms with E-state index in [2.05, 4.69) is 19.9 Å². The van der Waals surface area contributed by atoms with Crippen molar-refractivity contribution >= 4 is 90.6 Å². The van der Waals surface area contributed by atoms with E-state index in [0.717, 1.165) is 98.2 Å². The number of benzene rings is 8. The first-order valence-electron chi connectivity index (χ1n) is 30.6. The summed E-state index contributed by atoms with van der Waals surface area (Å²) in [6.45, 7) is 7.53. The van der Waals surface area contributed by atoms with Crippen molar-refractivity contribution in [3.05, 3.63) is 284 Å². The summed E-state index contributed by atoms with van der Waals surface area (Å²) in [4.78, 5) is 108. The van der Waals surface area contributed by atoms with Crippen molar-refractivity contribution in [2.45, 2.75) is 77.0 Å². The van der Waals surface area contributed by atoms with Crippen LogP contribution in [0, 0.1) is 74.2 Å². The molecule has 4 aromatic heterocycles. The van der Waals surface area contributed by atoms with Crippen LogP contribution < -0.4 is 0 Å². The third kappa shape index (κ3) is 16.5. The third-order valence-corrected chi connectivity index (χ3v) is 16.8. The van der Waals surface area contributed by atoms with Gasteiger partial charge in [0, 0.05) is 118 Å². The molecule has 24 heteroatoms. The number of hydrogen-bond donors (Lipinski definition) is 8. The maximum Gasteiger partial charge on any atom is 0.311 e. The van der Waals surface area contributed by atoms with Gasteiger partial charge in [0.25, 0.3) is 0 Å². The van der Waals surface area contributed by atoms with Crippen LogP contribution in [0.15, 0.2) is 170 Å². The van der Waals surface area contributed by atoms with Gasteiger partial charge >= 0.3 is 23.9 Å². The number of H-pyrrole nitrogens is 4. The van der Waals surface area contributed by atoms with E-state index in [4.69, 9.17) is 0 Å². The molecule has 100 heavy (non-hydrogen) atoms. The number of Topliss-reactive ketones (excluding diaryl/α,β-unsaturated/α-hetero) is 4. The van der Waals surface area contributed by atoms with Crippen LogP contribution in [-0.2, 0) is 19.2 Å². The van der Waals surface area contributed by atoms with E-state index in [0.29, 0.717) is 62.7 Å². The first kappa shape index (κ1) is 72.2. The van der Waals surface area contributed by atoms with Gasteiger partial charge in [-0.3, -0.25) is 38.4 Å². The molecule has 0 spiro atoms. The molecule has 4 heterocycles. The van der Waals surface area contributed by atoms with Crippen molar-refractivity contribution in [3.8, 4) is 0 Å². The van der Waals surface area contributed by atoms with Crippen LogP contribution in [0.4, 0.5) is 35.1 Å². The second-order valence-corrected chi connectivity index (χ2v) is 23.6. The molecule has 12 rings (SSSR count). The number of carbonyl (C=O) groups is 8. The number of nitrogens with one attached hydrogen (secondary N) is 4. The minimum atomic E-state index is -1.18. The van der Waals surface area contributed by atoms with Gasteiger partial charge in [0.15, 0.2) is 23.1 Å². The topological polar surface area (TPSA) is 281 Å². The van der Waals surface area contributed by atoms with Crippen molar-refractivity contribution in [1.82, 2.24) is 19.9 Å². The number of para-hydroxylation sites is 1. The maximum absolute atomic E-state index is 13.8. The van der Waals surface area contributed by atoms with Crippen molar-refractivity contribution in [1.29, 1.82) is 0 Å². The third-order valence-electron chi connectivity index (χ3n) is 16.8. The number of aliphatic carboxylic acids is 4. The van der Waals surface area contributed by atoms with E-state index in [-0.39, 0.29) is 22.3 Å². The molecule has 0 aliphatic heterocycles. The lowest BCUT2D eigenvalue weighted by molar-refractivity contribution is -0.139. The number of halogens is 8. The minimum absolute atomic E-state index is 0.316.